The van der Waals surface area contributed by atoms with Crippen LogP contribution in [0.25, 0.3) is 0 Å². The molecule has 1 heterocycles. The van der Waals surface area contributed by atoms with E-state index in [9.17, 15) is 5.11 Å². The summed E-state index contributed by atoms with van der Waals surface area (Å²) in [6, 6.07) is 2.37. The predicted molar refractivity (Wildman–Crippen MR) is 66.3 cm³/mol. The first-order valence-corrected chi connectivity index (χ1v) is 6.58. The van der Waals surface area contributed by atoms with E-state index in [2.05, 4.69) is 5.32 Å². The molecular formula is C11H16ClNO2S. The van der Waals surface area contributed by atoms with E-state index in [1.807, 2.05) is 6.07 Å². The van der Waals surface area contributed by atoms with Gasteiger partial charge in [0.25, 0.3) is 0 Å². The summed E-state index contributed by atoms with van der Waals surface area (Å²) < 4.78 is 5.74. The zero-order valence-corrected chi connectivity index (χ0v) is 10.8. The number of aliphatic hydroxyl groups is 1. The van der Waals surface area contributed by atoms with Crippen molar-refractivity contribution in [3.8, 4) is 0 Å². The van der Waals surface area contributed by atoms with Gasteiger partial charge in [-0.25, -0.2) is 0 Å². The number of thiophene rings is 1. The first-order valence-electron chi connectivity index (χ1n) is 5.39. The SMILES string of the molecule is COCC(O)CNC1CCc2sc(Cl)cc21. The highest BCUT2D eigenvalue weighted by atomic mass is 35.5. The Morgan fingerprint density at radius 3 is 3.31 bits per heavy atom. The lowest BCUT2D eigenvalue weighted by atomic mass is 10.1. The number of halogens is 1. The molecule has 2 atom stereocenters. The highest BCUT2D eigenvalue weighted by molar-refractivity contribution is 7.16. The lowest BCUT2D eigenvalue weighted by Gasteiger charge is -2.16. The fourth-order valence-electron chi connectivity index (χ4n) is 2.07. The molecule has 0 aromatic carbocycles. The van der Waals surface area contributed by atoms with Crippen molar-refractivity contribution >= 4 is 22.9 Å². The monoisotopic (exact) mass is 261 g/mol. The molecule has 1 aromatic rings. The second-order valence-electron chi connectivity index (χ2n) is 4.04. The molecule has 5 heteroatoms. The van der Waals surface area contributed by atoms with Crippen molar-refractivity contribution in [1.82, 2.24) is 5.32 Å². The first-order chi connectivity index (χ1) is 7.70. The molecule has 0 saturated heterocycles. The van der Waals surface area contributed by atoms with Gasteiger partial charge in [-0.1, -0.05) is 11.6 Å². The maximum absolute atomic E-state index is 9.55. The van der Waals surface area contributed by atoms with E-state index in [1.165, 1.54) is 10.4 Å². The quantitative estimate of drug-likeness (QED) is 0.852. The molecule has 2 N–H and O–H groups in total. The Morgan fingerprint density at radius 2 is 2.56 bits per heavy atom. The van der Waals surface area contributed by atoms with Crippen LogP contribution in [-0.4, -0.2) is 31.5 Å². The van der Waals surface area contributed by atoms with Gasteiger partial charge in [0.05, 0.1) is 17.0 Å². The van der Waals surface area contributed by atoms with Gasteiger partial charge in [0, 0.05) is 24.6 Å². The number of hydrogen-bond acceptors (Lipinski definition) is 4. The zero-order chi connectivity index (χ0) is 11.5. The van der Waals surface area contributed by atoms with Gasteiger partial charge in [0.15, 0.2) is 0 Å². The van der Waals surface area contributed by atoms with Crippen LogP contribution < -0.4 is 5.32 Å². The number of aliphatic hydroxyl groups excluding tert-OH is 1. The van der Waals surface area contributed by atoms with E-state index in [-0.39, 0.29) is 0 Å². The van der Waals surface area contributed by atoms with Crippen molar-refractivity contribution in [3.05, 3.63) is 20.8 Å². The predicted octanol–water partition coefficient (Wildman–Crippen LogP) is 1.99. The highest BCUT2D eigenvalue weighted by Gasteiger charge is 2.24. The summed E-state index contributed by atoms with van der Waals surface area (Å²) in [5.41, 5.74) is 1.31. The van der Waals surface area contributed by atoms with Crippen molar-refractivity contribution in [3.63, 3.8) is 0 Å². The molecule has 0 aliphatic heterocycles. The molecule has 3 nitrogen and oxygen atoms in total. The van der Waals surface area contributed by atoms with E-state index < -0.39 is 6.10 Å². The fraction of sp³-hybridized carbons (Fsp3) is 0.636. The molecule has 16 heavy (non-hydrogen) atoms. The molecule has 0 radical (unpaired) electrons. The number of nitrogens with one attached hydrogen (secondary N) is 1. The van der Waals surface area contributed by atoms with Crippen LogP contribution in [0.15, 0.2) is 6.07 Å². The van der Waals surface area contributed by atoms with Gasteiger partial charge < -0.3 is 15.2 Å². The zero-order valence-electron chi connectivity index (χ0n) is 9.20. The van der Waals surface area contributed by atoms with Crippen LogP contribution >= 0.6 is 22.9 Å². The Balaban J connectivity index is 1.88. The highest BCUT2D eigenvalue weighted by Crippen LogP contribution is 2.39. The molecule has 0 amide bonds. The van der Waals surface area contributed by atoms with Gasteiger partial charge in [-0.05, 0) is 24.5 Å². The van der Waals surface area contributed by atoms with Gasteiger partial charge in [-0.3, -0.25) is 0 Å². The Labute approximate surface area is 104 Å². The minimum Gasteiger partial charge on any atom is -0.389 e. The van der Waals surface area contributed by atoms with E-state index in [0.717, 1.165) is 17.2 Å². The molecule has 0 fully saturated rings. The maximum Gasteiger partial charge on any atom is 0.0934 e. The van der Waals surface area contributed by atoms with Crippen LogP contribution in [0, 0.1) is 0 Å². The lowest BCUT2D eigenvalue weighted by molar-refractivity contribution is 0.0627. The smallest absolute Gasteiger partial charge is 0.0934 e. The molecule has 1 aliphatic carbocycles. The number of fused-ring (bicyclic) bond motifs is 1. The molecule has 2 unspecified atom stereocenters. The summed E-state index contributed by atoms with van der Waals surface area (Å²) in [6.07, 6.45) is 1.74. The topological polar surface area (TPSA) is 41.5 Å². The van der Waals surface area contributed by atoms with Crippen LogP contribution in [0.1, 0.15) is 22.9 Å². The third-order valence-corrected chi connectivity index (χ3v) is 4.15. The second-order valence-corrected chi connectivity index (χ2v) is 5.81. The number of methoxy groups -OCH3 is 1. The van der Waals surface area contributed by atoms with E-state index in [1.54, 1.807) is 18.4 Å². The second kappa shape index (κ2) is 5.47. The van der Waals surface area contributed by atoms with Crippen molar-refractivity contribution in [2.24, 2.45) is 0 Å². The average molecular weight is 262 g/mol. The number of ether oxygens (including phenoxy) is 1. The fourth-order valence-corrected chi connectivity index (χ4v) is 3.43. The minimum absolute atomic E-state index is 0.338. The Bertz CT molecular complexity index is 356. The molecule has 0 spiro atoms. The average Bonchev–Trinajstić information content (AvgIpc) is 2.75. The largest absolute Gasteiger partial charge is 0.389 e. The van der Waals surface area contributed by atoms with E-state index >= 15 is 0 Å². The standard InChI is InChI=1S/C11H16ClNO2S/c1-15-6-7(14)5-13-9-2-3-10-8(9)4-11(12)16-10/h4,7,9,13-14H,2-3,5-6H2,1H3. The molecular weight excluding hydrogens is 246 g/mol. The molecule has 0 saturated carbocycles. The summed E-state index contributed by atoms with van der Waals surface area (Å²) in [7, 11) is 1.59. The minimum atomic E-state index is -0.442. The van der Waals surface area contributed by atoms with Crippen molar-refractivity contribution in [2.75, 3.05) is 20.3 Å². The summed E-state index contributed by atoms with van der Waals surface area (Å²) in [5, 5.41) is 12.9. The van der Waals surface area contributed by atoms with Gasteiger partial charge in [-0.15, -0.1) is 11.3 Å². The molecule has 90 valence electrons. The summed E-state index contributed by atoms with van der Waals surface area (Å²) in [6.45, 7) is 0.933. The normalized spacial score (nSPS) is 21.1. The number of hydrogen-bond donors (Lipinski definition) is 2. The Kier molecular flexibility index (Phi) is 4.21. The van der Waals surface area contributed by atoms with Crippen LogP contribution in [0.5, 0.6) is 0 Å². The summed E-state index contributed by atoms with van der Waals surface area (Å²) in [4.78, 5) is 1.38. The Hall–Kier alpha value is -0.130. The van der Waals surface area contributed by atoms with Crippen LogP contribution in [0.2, 0.25) is 4.34 Å². The van der Waals surface area contributed by atoms with Crippen molar-refractivity contribution < 1.29 is 9.84 Å². The van der Waals surface area contributed by atoms with Gasteiger partial charge in [0.2, 0.25) is 0 Å². The molecule has 1 aliphatic rings. The van der Waals surface area contributed by atoms with Gasteiger partial charge in [0.1, 0.15) is 0 Å². The molecule has 2 rings (SSSR count). The summed E-state index contributed by atoms with van der Waals surface area (Å²) >= 11 is 7.64. The number of rotatable bonds is 5. The number of aryl methyl sites for hydroxylation is 1. The Morgan fingerprint density at radius 1 is 1.75 bits per heavy atom. The van der Waals surface area contributed by atoms with Crippen molar-refractivity contribution in [1.29, 1.82) is 0 Å². The third-order valence-electron chi connectivity index (χ3n) is 2.81. The van der Waals surface area contributed by atoms with Crippen LogP contribution in [-0.2, 0) is 11.2 Å². The van der Waals surface area contributed by atoms with Gasteiger partial charge in [-0.2, -0.15) is 0 Å². The van der Waals surface area contributed by atoms with Crippen molar-refractivity contribution in [2.45, 2.75) is 25.0 Å². The van der Waals surface area contributed by atoms with E-state index in [4.69, 9.17) is 16.3 Å². The molecule has 1 aromatic heterocycles. The lowest BCUT2D eigenvalue weighted by Crippen LogP contribution is -2.32. The van der Waals surface area contributed by atoms with Crippen LogP contribution in [0.4, 0.5) is 0 Å². The van der Waals surface area contributed by atoms with E-state index in [0.29, 0.717) is 19.2 Å². The third kappa shape index (κ3) is 2.76. The van der Waals surface area contributed by atoms with Gasteiger partial charge >= 0.3 is 0 Å². The summed E-state index contributed by atoms with van der Waals surface area (Å²) in [5.74, 6) is 0. The molecule has 0 bridgehead atoms. The van der Waals surface area contributed by atoms with Crippen LogP contribution in [0.3, 0.4) is 0 Å². The first kappa shape index (κ1) is 12.3. The maximum atomic E-state index is 9.55.